The Labute approximate surface area is 177 Å². The highest BCUT2D eigenvalue weighted by molar-refractivity contribution is 5.87. The molecule has 0 atom stereocenters. The van der Waals surface area contributed by atoms with E-state index < -0.39 is 5.97 Å². The number of hydrogen-bond donors (Lipinski definition) is 1. The quantitative estimate of drug-likeness (QED) is 0.389. The Hall–Kier alpha value is -3.24. The van der Waals surface area contributed by atoms with E-state index in [2.05, 4.69) is 6.58 Å². The molecule has 154 valence electrons. The van der Waals surface area contributed by atoms with Crippen LogP contribution in [0.25, 0.3) is 22.3 Å². The molecular formula is C26H26FNO2. The fourth-order valence-electron chi connectivity index (χ4n) is 3.27. The topological polar surface area (TPSA) is 52.3 Å². The largest absolute Gasteiger partial charge is 0.457 e. The van der Waals surface area contributed by atoms with Crippen molar-refractivity contribution in [2.75, 3.05) is 6.54 Å². The van der Waals surface area contributed by atoms with Gasteiger partial charge in [-0.25, -0.2) is 9.18 Å². The fourth-order valence-corrected chi connectivity index (χ4v) is 3.27. The number of benzene rings is 3. The zero-order chi connectivity index (χ0) is 21.5. The first-order chi connectivity index (χ1) is 14.5. The van der Waals surface area contributed by atoms with Crippen molar-refractivity contribution in [1.82, 2.24) is 0 Å². The molecule has 0 fully saturated rings. The van der Waals surface area contributed by atoms with E-state index in [1.165, 1.54) is 11.6 Å². The molecule has 0 aliphatic carbocycles. The first kappa shape index (κ1) is 21.5. The second kappa shape index (κ2) is 9.99. The lowest BCUT2D eigenvalue weighted by Crippen LogP contribution is -2.05. The molecule has 0 saturated carbocycles. The number of halogens is 1. The van der Waals surface area contributed by atoms with Crippen LogP contribution in [0.2, 0.25) is 0 Å². The average Bonchev–Trinajstić information content (AvgIpc) is 2.76. The minimum Gasteiger partial charge on any atom is -0.457 e. The minimum absolute atomic E-state index is 0.107. The second-order valence-electron chi connectivity index (χ2n) is 7.30. The predicted molar refractivity (Wildman–Crippen MR) is 119 cm³/mol. The molecule has 0 aromatic heterocycles. The monoisotopic (exact) mass is 403 g/mol. The molecule has 0 saturated heterocycles. The van der Waals surface area contributed by atoms with Crippen LogP contribution < -0.4 is 5.73 Å². The van der Waals surface area contributed by atoms with Crippen LogP contribution >= 0.6 is 0 Å². The normalized spacial score (nSPS) is 10.6. The molecule has 0 spiro atoms. The Balaban J connectivity index is 1.83. The van der Waals surface area contributed by atoms with E-state index in [-0.39, 0.29) is 12.4 Å². The average molecular weight is 403 g/mol. The van der Waals surface area contributed by atoms with E-state index in [4.69, 9.17) is 10.5 Å². The van der Waals surface area contributed by atoms with Gasteiger partial charge >= 0.3 is 5.97 Å². The van der Waals surface area contributed by atoms with Crippen LogP contribution in [0.5, 0.6) is 0 Å². The molecule has 2 N–H and O–H groups in total. The lowest BCUT2D eigenvalue weighted by molar-refractivity contribution is -0.140. The van der Waals surface area contributed by atoms with Gasteiger partial charge in [-0.15, -0.1) is 0 Å². The Morgan fingerprint density at radius 2 is 1.70 bits per heavy atom. The van der Waals surface area contributed by atoms with Gasteiger partial charge in [0.05, 0.1) is 0 Å². The molecule has 0 heterocycles. The number of esters is 1. The van der Waals surface area contributed by atoms with Gasteiger partial charge in [0.15, 0.2) is 0 Å². The number of carbonyl (C=O) groups excluding carboxylic acids is 1. The first-order valence-corrected chi connectivity index (χ1v) is 9.99. The molecule has 3 rings (SSSR count). The zero-order valence-corrected chi connectivity index (χ0v) is 17.2. The van der Waals surface area contributed by atoms with Gasteiger partial charge in [0, 0.05) is 11.1 Å². The van der Waals surface area contributed by atoms with Gasteiger partial charge < -0.3 is 10.5 Å². The number of hydrogen-bond acceptors (Lipinski definition) is 3. The van der Waals surface area contributed by atoms with E-state index in [0.29, 0.717) is 17.7 Å². The third kappa shape index (κ3) is 5.22. The summed E-state index contributed by atoms with van der Waals surface area (Å²) in [5, 5.41) is 0. The van der Waals surface area contributed by atoms with Gasteiger partial charge in [-0.3, -0.25) is 0 Å². The molecule has 0 amide bonds. The maximum absolute atomic E-state index is 15.0. The van der Waals surface area contributed by atoms with E-state index in [9.17, 15) is 9.18 Å². The van der Waals surface area contributed by atoms with Crippen LogP contribution in [0.3, 0.4) is 0 Å². The summed E-state index contributed by atoms with van der Waals surface area (Å²) in [6, 6.07) is 20.6. The van der Waals surface area contributed by atoms with E-state index in [1.54, 1.807) is 13.0 Å². The summed E-state index contributed by atoms with van der Waals surface area (Å²) in [6.07, 6.45) is 1.86. The number of rotatable bonds is 8. The fraction of sp³-hybridized carbons (Fsp3) is 0.192. The van der Waals surface area contributed by atoms with Crippen molar-refractivity contribution < 1.29 is 13.9 Å². The minimum atomic E-state index is -0.443. The van der Waals surface area contributed by atoms with Gasteiger partial charge in [-0.1, -0.05) is 67.2 Å². The van der Waals surface area contributed by atoms with Crippen molar-refractivity contribution in [1.29, 1.82) is 0 Å². The van der Waals surface area contributed by atoms with E-state index in [1.807, 2.05) is 54.6 Å². The first-order valence-electron chi connectivity index (χ1n) is 9.99. The number of carbonyl (C=O) groups is 1. The summed E-state index contributed by atoms with van der Waals surface area (Å²) < 4.78 is 20.2. The van der Waals surface area contributed by atoms with Crippen LogP contribution in [-0.4, -0.2) is 12.5 Å². The summed E-state index contributed by atoms with van der Waals surface area (Å²) in [5.41, 5.74) is 10.9. The third-order valence-electron chi connectivity index (χ3n) is 4.94. The molecule has 30 heavy (non-hydrogen) atoms. The van der Waals surface area contributed by atoms with Crippen molar-refractivity contribution in [2.45, 2.75) is 26.4 Å². The molecule has 0 unspecified atom stereocenters. The van der Waals surface area contributed by atoms with E-state index >= 15 is 0 Å². The highest BCUT2D eigenvalue weighted by Gasteiger charge is 2.12. The summed E-state index contributed by atoms with van der Waals surface area (Å²) in [4.78, 5) is 11.7. The molecule has 0 aliphatic rings. The van der Waals surface area contributed by atoms with Crippen LogP contribution in [0.1, 0.15) is 24.5 Å². The smallest absolute Gasteiger partial charge is 0.333 e. The van der Waals surface area contributed by atoms with Crippen molar-refractivity contribution in [2.24, 2.45) is 5.73 Å². The van der Waals surface area contributed by atoms with Crippen molar-refractivity contribution in [3.63, 3.8) is 0 Å². The Bertz CT molecular complexity index is 1040. The lowest BCUT2D eigenvalue weighted by Gasteiger charge is -2.12. The molecule has 0 bridgehead atoms. The molecule has 3 aromatic rings. The molecule has 0 radical (unpaired) electrons. The van der Waals surface area contributed by atoms with Gasteiger partial charge in [-0.05, 0) is 60.2 Å². The summed E-state index contributed by atoms with van der Waals surface area (Å²) in [7, 11) is 0. The third-order valence-corrected chi connectivity index (χ3v) is 4.94. The Kier molecular flexibility index (Phi) is 7.15. The maximum Gasteiger partial charge on any atom is 0.333 e. The zero-order valence-electron chi connectivity index (χ0n) is 17.2. The molecule has 4 heteroatoms. The predicted octanol–water partition coefficient (Wildman–Crippen LogP) is 5.67. The van der Waals surface area contributed by atoms with Crippen LogP contribution in [0, 0.1) is 5.82 Å². The summed E-state index contributed by atoms with van der Waals surface area (Å²) in [5.74, 6) is -0.739. The standard InChI is InChI=1S/C26H26FNO2/c1-18(2)26(29)30-17-22-7-3-4-8-23(22)21-13-14-24(25(27)16-21)20-11-9-19(10-12-20)6-5-15-28/h3-4,7-14,16H,1,5-6,15,17,28H2,2H3. The maximum atomic E-state index is 15.0. The highest BCUT2D eigenvalue weighted by atomic mass is 19.1. The van der Waals surface area contributed by atoms with Gasteiger partial charge in [-0.2, -0.15) is 0 Å². The molecule has 3 nitrogen and oxygen atoms in total. The van der Waals surface area contributed by atoms with Crippen LogP contribution in [0.4, 0.5) is 4.39 Å². The van der Waals surface area contributed by atoms with Gasteiger partial charge in [0.1, 0.15) is 12.4 Å². The van der Waals surface area contributed by atoms with Gasteiger partial charge in [0.2, 0.25) is 0 Å². The SMILES string of the molecule is C=C(C)C(=O)OCc1ccccc1-c1ccc(-c2ccc(CCCN)cc2)c(F)c1. The summed E-state index contributed by atoms with van der Waals surface area (Å²) >= 11 is 0. The number of aryl methyl sites for hydroxylation is 1. The van der Waals surface area contributed by atoms with Crippen LogP contribution in [-0.2, 0) is 22.6 Å². The van der Waals surface area contributed by atoms with E-state index in [0.717, 1.165) is 35.1 Å². The van der Waals surface area contributed by atoms with Crippen LogP contribution in [0.15, 0.2) is 78.9 Å². The number of ether oxygens (including phenoxy) is 1. The Morgan fingerprint density at radius 3 is 2.37 bits per heavy atom. The number of nitrogens with two attached hydrogens (primary N) is 1. The highest BCUT2D eigenvalue weighted by Crippen LogP contribution is 2.30. The molecule has 0 aliphatic heterocycles. The van der Waals surface area contributed by atoms with Crippen molar-refractivity contribution in [3.05, 3.63) is 95.8 Å². The lowest BCUT2D eigenvalue weighted by atomic mass is 9.96. The van der Waals surface area contributed by atoms with Gasteiger partial charge in [0.25, 0.3) is 0 Å². The van der Waals surface area contributed by atoms with Crippen molar-refractivity contribution >= 4 is 5.97 Å². The second-order valence-corrected chi connectivity index (χ2v) is 7.30. The molecular weight excluding hydrogens is 377 g/mol. The molecule has 3 aromatic carbocycles. The van der Waals surface area contributed by atoms with Crippen molar-refractivity contribution in [3.8, 4) is 22.3 Å². The Morgan fingerprint density at radius 1 is 1.00 bits per heavy atom. The summed E-state index contributed by atoms with van der Waals surface area (Å²) in [6.45, 7) is 5.96.